The molecule has 2 unspecified atom stereocenters. The molecular weight excluding hydrogens is 384 g/mol. The zero-order valence-electron chi connectivity index (χ0n) is 15.9. The number of ether oxygens (including phenoxy) is 2. The fraction of sp³-hybridized carbons (Fsp3) is 0.450. The van der Waals surface area contributed by atoms with E-state index in [1.807, 2.05) is 35.4 Å². The first-order valence-electron chi connectivity index (χ1n) is 8.95. The van der Waals surface area contributed by atoms with Gasteiger partial charge in [0.1, 0.15) is 0 Å². The third-order valence-electron chi connectivity index (χ3n) is 4.89. The zero-order chi connectivity index (χ0) is 18.7. The number of nitrogens with zero attached hydrogens (tertiary/aromatic N) is 1. The number of hydrogen-bond acceptors (Lipinski definition) is 5. The Hall–Kier alpha value is -1.76. The van der Waals surface area contributed by atoms with E-state index in [9.17, 15) is 4.79 Å². The summed E-state index contributed by atoms with van der Waals surface area (Å²) < 4.78 is 10.9. The van der Waals surface area contributed by atoms with Crippen molar-refractivity contribution in [2.45, 2.75) is 38.3 Å². The van der Waals surface area contributed by atoms with Crippen LogP contribution < -0.4 is 15.2 Å². The Bertz CT molecular complexity index is 767. The van der Waals surface area contributed by atoms with Crippen LogP contribution in [0.5, 0.6) is 11.5 Å². The lowest BCUT2D eigenvalue weighted by Crippen LogP contribution is -2.48. The Morgan fingerprint density at radius 3 is 2.63 bits per heavy atom. The van der Waals surface area contributed by atoms with Crippen molar-refractivity contribution in [3.63, 3.8) is 0 Å². The highest BCUT2D eigenvalue weighted by Gasteiger charge is 2.35. The standard InChI is InChI=1S/C20H26N2O3S.ClH/c1-4-6-15(21)20(23)22-9-8-13-11-16(24-2)17(25-3)12-14(13)19(22)18-7-5-10-26-18;/h5,7,10-12,15,19H,4,6,8-9,21H2,1-3H3;1H. The zero-order valence-corrected chi connectivity index (χ0v) is 17.6. The molecule has 1 amide bonds. The second-order valence-corrected chi connectivity index (χ2v) is 7.48. The van der Waals surface area contributed by atoms with Crippen LogP contribution >= 0.6 is 23.7 Å². The molecule has 1 aliphatic heterocycles. The SMILES string of the molecule is CCCC(N)C(=O)N1CCc2cc(OC)c(OC)cc2C1c1cccs1.Cl. The number of halogens is 1. The summed E-state index contributed by atoms with van der Waals surface area (Å²) in [5.41, 5.74) is 8.44. The summed E-state index contributed by atoms with van der Waals surface area (Å²) in [5, 5.41) is 2.04. The molecule has 7 heteroatoms. The maximum Gasteiger partial charge on any atom is 0.240 e. The molecular formula is C20H27ClN2O3S. The normalized spacial score (nSPS) is 16.9. The van der Waals surface area contributed by atoms with Crippen molar-refractivity contribution in [1.82, 2.24) is 4.90 Å². The molecule has 0 bridgehead atoms. The van der Waals surface area contributed by atoms with Crippen LogP contribution in [-0.4, -0.2) is 37.6 Å². The molecule has 27 heavy (non-hydrogen) atoms. The van der Waals surface area contributed by atoms with Gasteiger partial charge < -0.3 is 20.1 Å². The van der Waals surface area contributed by atoms with E-state index in [-0.39, 0.29) is 24.4 Å². The maximum absolute atomic E-state index is 13.0. The van der Waals surface area contributed by atoms with Crippen LogP contribution in [0.2, 0.25) is 0 Å². The monoisotopic (exact) mass is 410 g/mol. The van der Waals surface area contributed by atoms with E-state index in [1.165, 1.54) is 5.56 Å². The van der Waals surface area contributed by atoms with Crippen molar-refractivity contribution >= 4 is 29.7 Å². The molecule has 148 valence electrons. The molecule has 2 atom stereocenters. The molecule has 0 radical (unpaired) electrons. The number of rotatable bonds is 6. The first-order valence-corrected chi connectivity index (χ1v) is 9.82. The number of fused-ring (bicyclic) bond motifs is 1. The molecule has 0 spiro atoms. The molecule has 2 N–H and O–H groups in total. The minimum absolute atomic E-state index is 0. The number of thiophene rings is 1. The van der Waals surface area contributed by atoms with E-state index in [0.717, 1.165) is 29.0 Å². The van der Waals surface area contributed by atoms with Gasteiger partial charge in [0.15, 0.2) is 11.5 Å². The quantitative estimate of drug-likeness (QED) is 0.786. The van der Waals surface area contributed by atoms with E-state index < -0.39 is 6.04 Å². The molecule has 3 rings (SSSR count). The summed E-state index contributed by atoms with van der Waals surface area (Å²) >= 11 is 1.66. The van der Waals surface area contributed by atoms with Gasteiger partial charge in [0.05, 0.1) is 26.3 Å². The van der Waals surface area contributed by atoms with Gasteiger partial charge in [-0.1, -0.05) is 19.4 Å². The molecule has 1 aromatic heterocycles. The summed E-state index contributed by atoms with van der Waals surface area (Å²) in [4.78, 5) is 16.1. The van der Waals surface area contributed by atoms with Gasteiger partial charge in [-0.05, 0) is 47.5 Å². The first-order chi connectivity index (χ1) is 12.6. The smallest absolute Gasteiger partial charge is 0.240 e. The minimum atomic E-state index is -0.454. The lowest BCUT2D eigenvalue weighted by Gasteiger charge is -2.38. The maximum atomic E-state index is 13.0. The number of hydrogen-bond donors (Lipinski definition) is 1. The summed E-state index contributed by atoms with van der Waals surface area (Å²) in [6.45, 7) is 2.70. The first kappa shape index (κ1) is 21.5. The average Bonchev–Trinajstić information content (AvgIpc) is 3.19. The number of methoxy groups -OCH3 is 2. The van der Waals surface area contributed by atoms with Crippen molar-refractivity contribution < 1.29 is 14.3 Å². The number of nitrogens with two attached hydrogens (primary N) is 1. The van der Waals surface area contributed by atoms with Crippen molar-refractivity contribution in [3.8, 4) is 11.5 Å². The average molecular weight is 411 g/mol. The molecule has 0 fully saturated rings. The largest absolute Gasteiger partial charge is 0.493 e. The highest BCUT2D eigenvalue weighted by Crippen LogP contribution is 2.42. The Kier molecular flexibility index (Phi) is 7.53. The van der Waals surface area contributed by atoms with Crippen LogP contribution in [0.1, 0.15) is 41.8 Å². The fourth-order valence-corrected chi connectivity index (χ4v) is 4.44. The topological polar surface area (TPSA) is 64.8 Å². The summed E-state index contributed by atoms with van der Waals surface area (Å²) in [6, 6.07) is 7.54. The van der Waals surface area contributed by atoms with Crippen molar-refractivity contribution in [2.24, 2.45) is 5.73 Å². The molecule has 2 aromatic rings. The molecule has 0 saturated carbocycles. The number of amides is 1. The van der Waals surface area contributed by atoms with Gasteiger partial charge in [-0.15, -0.1) is 23.7 Å². The predicted molar refractivity (Wildman–Crippen MR) is 111 cm³/mol. The van der Waals surface area contributed by atoms with Gasteiger partial charge in [-0.2, -0.15) is 0 Å². The van der Waals surface area contributed by atoms with Gasteiger partial charge in [0.25, 0.3) is 0 Å². The van der Waals surface area contributed by atoms with E-state index in [4.69, 9.17) is 15.2 Å². The van der Waals surface area contributed by atoms with Crippen LogP contribution in [-0.2, 0) is 11.2 Å². The summed E-state index contributed by atoms with van der Waals surface area (Å²) in [5.74, 6) is 1.42. The van der Waals surface area contributed by atoms with Gasteiger partial charge >= 0.3 is 0 Å². The van der Waals surface area contributed by atoms with Crippen LogP contribution in [0.4, 0.5) is 0 Å². The Labute approximate surface area is 170 Å². The number of carbonyl (C=O) groups is 1. The van der Waals surface area contributed by atoms with Crippen LogP contribution in [0.3, 0.4) is 0 Å². The number of benzene rings is 1. The molecule has 0 aliphatic carbocycles. The van der Waals surface area contributed by atoms with E-state index in [2.05, 4.69) is 6.07 Å². The fourth-order valence-electron chi connectivity index (χ4n) is 3.58. The second kappa shape index (κ2) is 9.44. The van der Waals surface area contributed by atoms with Crippen molar-refractivity contribution in [2.75, 3.05) is 20.8 Å². The predicted octanol–water partition coefficient (Wildman–Crippen LogP) is 3.79. The second-order valence-electron chi connectivity index (χ2n) is 6.50. The number of carbonyl (C=O) groups excluding carboxylic acids is 1. The molecule has 5 nitrogen and oxygen atoms in total. The van der Waals surface area contributed by atoms with Gasteiger partial charge in [0, 0.05) is 11.4 Å². The van der Waals surface area contributed by atoms with E-state index in [0.29, 0.717) is 18.7 Å². The van der Waals surface area contributed by atoms with Crippen LogP contribution in [0.25, 0.3) is 0 Å². The summed E-state index contributed by atoms with van der Waals surface area (Å²) in [6.07, 6.45) is 2.37. The third kappa shape index (κ3) is 4.23. The molecule has 0 saturated heterocycles. The molecule has 1 aromatic carbocycles. The molecule has 2 heterocycles. The van der Waals surface area contributed by atoms with Gasteiger partial charge in [0.2, 0.25) is 5.91 Å². The highest BCUT2D eigenvalue weighted by atomic mass is 35.5. The van der Waals surface area contributed by atoms with E-state index >= 15 is 0 Å². The van der Waals surface area contributed by atoms with Crippen LogP contribution in [0.15, 0.2) is 29.6 Å². The van der Waals surface area contributed by atoms with E-state index in [1.54, 1.807) is 25.6 Å². The Morgan fingerprint density at radius 2 is 2.04 bits per heavy atom. The van der Waals surface area contributed by atoms with Gasteiger partial charge in [-0.25, -0.2) is 0 Å². The lowest BCUT2D eigenvalue weighted by atomic mass is 9.90. The minimum Gasteiger partial charge on any atom is -0.493 e. The Morgan fingerprint density at radius 1 is 1.33 bits per heavy atom. The van der Waals surface area contributed by atoms with Crippen molar-refractivity contribution in [3.05, 3.63) is 45.6 Å². The highest BCUT2D eigenvalue weighted by molar-refractivity contribution is 7.10. The lowest BCUT2D eigenvalue weighted by molar-refractivity contribution is -0.134. The summed E-state index contributed by atoms with van der Waals surface area (Å²) in [7, 11) is 3.27. The third-order valence-corrected chi connectivity index (χ3v) is 5.81. The van der Waals surface area contributed by atoms with Gasteiger partial charge in [-0.3, -0.25) is 4.79 Å². The van der Waals surface area contributed by atoms with Crippen LogP contribution in [0, 0.1) is 0 Å². The van der Waals surface area contributed by atoms with Crippen molar-refractivity contribution in [1.29, 1.82) is 0 Å². The molecule has 1 aliphatic rings. The Balaban J connectivity index is 0.00000261.